The van der Waals surface area contributed by atoms with E-state index in [1.165, 1.54) is 0 Å². The Labute approximate surface area is 185 Å². The van der Waals surface area contributed by atoms with Crippen LogP contribution in [0.5, 0.6) is 5.75 Å². The Bertz CT molecular complexity index is 1330. The third-order valence-electron chi connectivity index (χ3n) is 6.13. The summed E-state index contributed by atoms with van der Waals surface area (Å²) < 4.78 is 5.34. The second kappa shape index (κ2) is 7.89. The van der Waals surface area contributed by atoms with Crippen LogP contribution < -0.4 is 4.74 Å². The summed E-state index contributed by atoms with van der Waals surface area (Å²) in [5.41, 5.74) is 3.53. The Kier molecular flexibility index (Phi) is 4.90. The second-order valence-electron chi connectivity index (χ2n) is 7.92. The maximum Gasteiger partial charge on any atom is 0.313 e. The third kappa shape index (κ3) is 3.21. The van der Waals surface area contributed by atoms with Gasteiger partial charge in [0.2, 0.25) is 0 Å². The van der Waals surface area contributed by atoms with Gasteiger partial charge < -0.3 is 19.7 Å². The molecule has 0 aliphatic carbocycles. The number of carboxylic acid groups (broad SMARTS) is 1. The fourth-order valence-corrected chi connectivity index (χ4v) is 4.69. The van der Waals surface area contributed by atoms with Crippen LogP contribution in [0, 0.1) is 0 Å². The average molecular weight is 426 g/mol. The highest BCUT2D eigenvalue weighted by Gasteiger charge is 2.45. The average Bonchev–Trinajstić information content (AvgIpc) is 3.24. The molecule has 3 aromatic carbocycles. The van der Waals surface area contributed by atoms with E-state index in [1.54, 1.807) is 36.3 Å². The molecule has 4 aromatic rings. The van der Waals surface area contributed by atoms with E-state index in [0.717, 1.165) is 22.0 Å². The molecule has 2 heterocycles. The highest BCUT2D eigenvalue weighted by molar-refractivity contribution is 6.01. The van der Waals surface area contributed by atoms with Crippen molar-refractivity contribution in [2.45, 2.75) is 18.5 Å². The van der Waals surface area contributed by atoms with Gasteiger partial charge in [0.1, 0.15) is 11.7 Å². The Morgan fingerprint density at radius 2 is 1.81 bits per heavy atom. The molecule has 160 valence electrons. The summed E-state index contributed by atoms with van der Waals surface area (Å²) in [4.78, 5) is 31.2. The SMILES string of the molecule is COc1cccc(CN2C(=O)c3ccccc3C(C(=O)O)C2c2c[nH]c3ccccc23)c1. The van der Waals surface area contributed by atoms with Crippen LogP contribution in [0.25, 0.3) is 10.9 Å². The zero-order valence-corrected chi connectivity index (χ0v) is 17.5. The Morgan fingerprint density at radius 1 is 1.03 bits per heavy atom. The lowest BCUT2D eigenvalue weighted by molar-refractivity contribution is -0.140. The minimum atomic E-state index is -0.962. The largest absolute Gasteiger partial charge is 0.497 e. The van der Waals surface area contributed by atoms with Gasteiger partial charge >= 0.3 is 5.97 Å². The molecule has 1 aromatic heterocycles. The van der Waals surface area contributed by atoms with Gasteiger partial charge in [-0.1, -0.05) is 48.5 Å². The molecule has 0 spiro atoms. The number of benzene rings is 3. The van der Waals surface area contributed by atoms with Crippen molar-refractivity contribution in [2.75, 3.05) is 7.11 Å². The summed E-state index contributed by atoms with van der Waals surface area (Å²) in [5, 5.41) is 11.2. The number of carboxylic acids is 1. The first-order valence-corrected chi connectivity index (χ1v) is 10.4. The topological polar surface area (TPSA) is 82.6 Å². The standard InChI is InChI=1S/C26H22N2O4/c1-32-17-8-6-7-16(13-17)15-28-24(21-14-27-22-12-5-4-9-18(21)22)23(26(30)31)19-10-2-3-11-20(19)25(28)29/h2-14,23-24,27H,15H2,1H3,(H,30,31). The lowest BCUT2D eigenvalue weighted by atomic mass is 9.79. The van der Waals surface area contributed by atoms with Crippen LogP contribution in [0.15, 0.2) is 79.0 Å². The predicted octanol–water partition coefficient (Wildman–Crippen LogP) is 4.74. The molecule has 2 N–H and O–H groups in total. The quantitative estimate of drug-likeness (QED) is 0.483. The summed E-state index contributed by atoms with van der Waals surface area (Å²) in [5.74, 6) is -1.36. The van der Waals surface area contributed by atoms with Crippen LogP contribution in [0.2, 0.25) is 0 Å². The van der Waals surface area contributed by atoms with Crippen molar-refractivity contribution < 1.29 is 19.4 Å². The smallest absolute Gasteiger partial charge is 0.313 e. The third-order valence-corrected chi connectivity index (χ3v) is 6.13. The van der Waals surface area contributed by atoms with Crippen molar-refractivity contribution >= 4 is 22.8 Å². The molecule has 1 aliphatic heterocycles. The van der Waals surface area contributed by atoms with E-state index >= 15 is 0 Å². The number of aromatic nitrogens is 1. The van der Waals surface area contributed by atoms with E-state index in [2.05, 4.69) is 4.98 Å². The van der Waals surface area contributed by atoms with Gasteiger partial charge in [-0.05, 0) is 35.4 Å². The summed E-state index contributed by atoms with van der Waals surface area (Å²) in [6.07, 6.45) is 1.82. The van der Waals surface area contributed by atoms with Crippen LogP contribution in [0.1, 0.15) is 39.0 Å². The van der Waals surface area contributed by atoms with Gasteiger partial charge in [-0.25, -0.2) is 0 Å². The fourth-order valence-electron chi connectivity index (χ4n) is 4.69. The number of methoxy groups -OCH3 is 1. The number of carbonyl (C=O) groups is 2. The summed E-state index contributed by atoms with van der Waals surface area (Å²) in [6.45, 7) is 0.262. The van der Waals surface area contributed by atoms with Crippen LogP contribution >= 0.6 is 0 Å². The van der Waals surface area contributed by atoms with Crippen molar-refractivity contribution in [1.29, 1.82) is 0 Å². The number of aromatic amines is 1. The molecule has 6 heteroatoms. The number of ether oxygens (including phenoxy) is 1. The minimum Gasteiger partial charge on any atom is -0.497 e. The van der Waals surface area contributed by atoms with E-state index in [9.17, 15) is 14.7 Å². The predicted molar refractivity (Wildman–Crippen MR) is 121 cm³/mol. The lowest BCUT2D eigenvalue weighted by Gasteiger charge is -2.40. The van der Waals surface area contributed by atoms with E-state index in [4.69, 9.17) is 4.74 Å². The number of nitrogens with one attached hydrogen (secondary N) is 1. The van der Waals surface area contributed by atoms with E-state index in [1.807, 2.05) is 54.7 Å². The van der Waals surface area contributed by atoms with E-state index in [-0.39, 0.29) is 12.5 Å². The number of carbonyl (C=O) groups excluding carboxylic acids is 1. The van der Waals surface area contributed by atoms with E-state index < -0.39 is 17.9 Å². The molecule has 2 unspecified atom stereocenters. The Morgan fingerprint density at radius 3 is 2.62 bits per heavy atom. The molecule has 6 nitrogen and oxygen atoms in total. The first kappa shape index (κ1) is 19.9. The number of hydrogen-bond donors (Lipinski definition) is 2. The maximum absolute atomic E-state index is 13.7. The molecule has 32 heavy (non-hydrogen) atoms. The minimum absolute atomic E-state index is 0.184. The molecule has 0 radical (unpaired) electrons. The first-order valence-electron chi connectivity index (χ1n) is 10.4. The van der Waals surface area contributed by atoms with Gasteiger partial charge in [0.05, 0.1) is 13.2 Å². The van der Waals surface area contributed by atoms with Crippen LogP contribution in [0.3, 0.4) is 0 Å². The number of hydrogen-bond acceptors (Lipinski definition) is 3. The summed E-state index contributed by atoms with van der Waals surface area (Å²) in [6, 6.07) is 21.6. The molecule has 0 saturated heterocycles. The van der Waals surface area contributed by atoms with Crippen molar-refractivity contribution in [1.82, 2.24) is 9.88 Å². The fraction of sp³-hybridized carbons (Fsp3) is 0.154. The molecule has 1 aliphatic rings. The maximum atomic E-state index is 13.7. The van der Waals surface area contributed by atoms with Gasteiger partial charge in [-0.3, -0.25) is 9.59 Å². The number of rotatable bonds is 5. The van der Waals surface area contributed by atoms with Crippen LogP contribution in [0.4, 0.5) is 0 Å². The number of aliphatic carboxylic acids is 1. The molecule has 0 fully saturated rings. The monoisotopic (exact) mass is 426 g/mol. The molecule has 5 rings (SSSR count). The van der Waals surface area contributed by atoms with Gasteiger partial charge in [0.25, 0.3) is 5.91 Å². The zero-order valence-electron chi connectivity index (χ0n) is 17.5. The molecule has 0 saturated carbocycles. The number of fused-ring (bicyclic) bond motifs is 2. The number of nitrogens with zero attached hydrogens (tertiary/aromatic N) is 1. The number of para-hydroxylation sites is 1. The Balaban J connectivity index is 1.71. The molecule has 1 amide bonds. The summed E-state index contributed by atoms with van der Waals surface area (Å²) >= 11 is 0. The van der Waals surface area contributed by atoms with Gasteiger partial charge in [-0.15, -0.1) is 0 Å². The second-order valence-corrected chi connectivity index (χ2v) is 7.92. The lowest BCUT2D eigenvalue weighted by Crippen LogP contribution is -2.44. The van der Waals surface area contributed by atoms with Crippen molar-refractivity contribution in [3.8, 4) is 5.75 Å². The highest BCUT2D eigenvalue weighted by atomic mass is 16.5. The molecular formula is C26H22N2O4. The summed E-state index contributed by atoms with van der Waals surface area (Å²) in [7, 11) is 1.59. The van der Waals surface area contributed by atoms with Gasteiger partial charge in [0.15, 0.2) is 0 Å². The van der Waals surface area contributed by atoms with Crippen LogP contribution in [-0.4, -0.2) is 34.0 Å². The molecular weight excluding hydrogens is 404 g/mol. The van der Waals surface area contributed by atoms with Gasteiger partial charge in [-0.2, -0.15) is 0 Å². The number of amides is 1. The van der Waals surface area contributed by atoms with Crippen LogP contribution in [-0.2, 0) is 11.3 Å². The highest BCUT2D eigenvalue weighted by Crippen LogP contribution is 2.45. The first-order chi connectivity index (χ1) is 15.6. The normalized spacial score (nSPS) is 17.9. The van der Waals surface area contributed by atoms with Crippen molar-refractivity contribution in [3.63, 3.8) is 0 Å². The zero-order chi connectivity index (χ0) is 22.2. The van der Waals surface area contributed by atoms with Crippen molar-refractivity contribution in [3.05, 3.63) is 101 Å². The molecule has 0 bridgehead atoms. The van der Waals surface area contributed by atoms with Gasteiger partial charge in [0, 0.05) is 34.8 Å². The number of H-pyrrole nitrogens is 1. The molecule has 2 atom stereocenters. The van der Waals surface area contributed by atoms with Crippen molar-refractivity contribution in [2.24, 2.45) is 0 Å². The van der Waals surface area contributed by atoms with E-state index in [0.29, 0.717) is 16.9 Å². The Hall–Kier alpha value is -4.06.